The average Bonchev–Trinajstić information content (AvgIpc) is 2.27. The van der Waals surface area contributed by atoms with Crippen molar-refractivity contribution in [2.45, 2.75) is 25.3 Å². The quantitative estimate of drug-likeness (QED) is 0.768. The van der Waals surface area contributed by atoms with Crippen LogP contribution in [0.25, 0.3) is 0 Å². The zero-order valence-electron chi connectivity index (χ0n) is 9.59. The molecule has 98 valence electrons. The number of benzene rings is 1. The number of amides is 1. The van der Waals surface area contributed by atoms with Gasteiger partial charge in [0.1, 0.15) is 0 Å². The summed E-state index contributed by atoms with van der Waals surface area (Å²) >= 11 is 0. The van der Waals surface area contributed by atoms with Crippen LogP contribution in [-0.4, -0.2) is 19.6 Å². The van der Waals surface area contributed by atoms with E-state index in [1.54, 1.807) is 0 Å². The second-order valence-electron chi connectivity index (χ2n) is 4.17. The Morgan fingerprint density at radius 1 is 1.33 bits per heavy atom. The van der Waals surface area contributed by atoms with Crippen LogP contribution in [-0.2, 0) is 16.6 Å². The van der Waals surface area contributed by atoms with Crippen molar-refractivity contribution in [1.29, 1.82) is 0 Å². The zero-order chi connectivity index (χ0) is 13.2. The van der Waals surface area contributed by atoms with Gasteiger partial charge in [-0.25, -0.2) is 9.52 Å². The largest absolute Gasteiger partial charge is 0.464 e. The first-order chi connectivity index (χ1) is 8.48. The molecule has 0 aromatic heterocycles. The molecule has 1 aromatic carbocycles. The van der Waals surface area contributed by atoms with E-state index in [9.17, 15) is 13.2 Å². The fourth-order valence-corrected chi connectivity index (χ4v) is 3.12. The summed E-state index contributed by atoms with van der Waals surface area (Å²) in [5, 5.41) is 8.44. The molecule has 0 spiro atoms. The van der Waals surface area contributed by atoms with Crippen LogP contribution in [0.1, 0.15) is 30.0 Å². The van der Waals surface area contributed by atoms with Crippen molar-refractivity contribution in [2.75, 3.05) is 0 Å². The summed E-state index contributed by atoms with van der Waals surface area (Å²) < 4.78 is 26.9. The summed E-state index contributed by atoms with van der Waals surface area (Å²) in [5.41, 5.74) is 2.02. The highest BCUT2D eigenvalue weighted by molar-refractivity contribution is 7.88. The summed E-state index contributed by atoms with van der Waals surface area (Å²) in [7, 11) is -4.02. The maximum atomic E-state index is 11.5. The summed E-state index contributed by atoms with van der Waals surface area (Å²) in [6, 6.07) is 7.20. The first-order valence-electron chi connectivity index (χ1n) is 5.59. The third-order valence-corrected chi connectivity index (χ3v) is 3.93. The number of hydrogen-bond donors (Lipinski definition) is 3. The van der Waals surface area contributed by atoms with E-state index in [0.717, 1.165) is 24.0 Å². The van der Waals surface area contributed by atoms with Crippen LogP contribution in [0.15, 0.2) is 24.3 Å². The van der Waals surface area contributed by atoms with Gasteiger partial charge in [0.05, 0.1) is 0 Å². The lowest BCUT2D eigenvalue weighted by atomic mass is 9.88. The standard InChI is InChI=1S/C11H14N2O4S/c14-11(15)13-18(16,17)12-10-7-3-5-8-4-1-2-6-9(8)10/h1-2,4,6,10,12-13H,3,5,7H2,(H,14,15). The van der Waals surface area contributed by atoms with Crippen LogP contribution in [0.2, 0.25) is 0 Å². The molecule has 0 saturated carbocycles. The summed E-state index contributed by atoms with van der Waals surface area (Å²) in [4.78, 5) is 10.4. The molecule has 3 N–H and O–H groups in total. The number of hydrogen-bond acceptors (Lipinski definition) is 3. The number of aryl methyl sites for hydroxylation is 1. The maximum absolute atomic E-state index is 11.5. The number of rotatable bonds is 3. The molecule has 6 nitrogen and oxygen atoms in total. The molecule has 0 fully saturated rings. The molecule has 1 amide bonds. The Hall–Kier alpha value is -1.60. The van der Waals surface area contributed by atoms with Gasteiger partial charge in [0.2, 0.25) is 0 Å². The van der Waals surface area contributed by atoms with Crippen LogP contribution < -0.4 is 9.44 Å². The Labute approximate surface area is 105 Å². The lowest BCUT2D eigenvalue weighted by Crippen LogP contribution is -2.42. The lowest BCUT2D eigenvalue weighted by Gasteiger charge is -2.25. The Morgan fingerprint density at radius 3 is 2.78 bits per heavy atom. The van der Waals surface area contributed by atoms with Crippen molar-refractivity contribution in [3.05, 3.63) is 35.4 Å². The Kier molecular flexibility index (Phi) is 3.53. The van der Waals surface area contributed by atoms with Crippen LogP contribution >= 0.6 is 0 Å². The van der Waals surface area contributed by atoms with Gasteiger partial charge < -0.3 is 5.11 Å². The van der Waals surface area contributed by atoms with E-state index < -0.39 is 16.3 Å². The molecule has 0 bridgehead atoms. The monoisotopic (exact) mass is 270 g/mol. The summed E-state index contributed by atoms with van der Waals surface area (Å²) in [5.74, 6) is 0. The number of carbonyl (C=O) groups is 1. The van der Waals surface area contributed by atoms with Gasteiger partial charge in [-0.15, -0.1) is 0 Å². The van der Waals surface area contributed by atoms with Crippen molar-refractivity contribution < 1.29 is 18.3 Å². The van der Waals surface area contributed by atoms with Crippen molar-refractivity contribution in [3.8, 4) is 0 Å². The number of fused-ring (bicyclic) bond motifs is 1. The first kappa shape index (κ1) is 12.8. The van der Waals surface area contributed by atoms with E-state index >= 15 is 0 Å². The SMILES string of the molecule is O=C(O)NS(=O)(=O)NC1CCCc2ccccc21. The minimum absolute atomic E-state index is 0.369. The van der Waals surface area contributed by atoms with Crippen molar-refractivity contribution in [3.63, 3.8) is 0 Å². The highest BCUT2D eigenvalue weighted by atomic mass is 32.2. The normalized spacial score (nSPS) is 19.0. The van der Waals surface area contributed by atoms with Gasteiger partial charge in [-0.3, -0.25) is 0 Å². The summed E-state index contributed by atoms with van der Waals surface area (Å²) in [6.07, 6.45) is 0.863. The Bertz CT molecular complexity index is 556. The van der Waals surface area contributed by atoms with E-state index in [-0.39, 0.29) is 6.04 Å². The molecule has 1 aliphatic rings. The third-order valence-electron chi connectivity index (χ3n) is 2.89. The molecule has 1 aliphatic carbocycles. The minimum Gasteiger partial charge on any atom is -0.464 e. The second-order valence-corrected chi connectivity index (χ2v) is 5.62. The molecule has 1 aromatic rings. The van der Waals surface area contributed by atoms with Gasteiger partial charge in [0.25, 0.3) is 0 Å². The van der Waals surface area contributed by atoms with Crippen LogP contribution in [0.3, 0.4) is 0 Å². The first-order valence-corrected chi connectivity index (χ1v) is 7.07. The van der Waals surface area contributed by atoms with Crippen LogP contribution in [0.4, 0.5) is 4.79 Å². The van der Waals surface area contributed by atoms with E-state index in [1.165, 1.54) is 4.72 Å². The van der Waals surface area contributed by atoms with Crippen molar-refractivity contribution in [2.24, 2.45) is 0 Å². The lowest BCUT2D eigenvalue weighted by molar-refractivity contribution is 0.201. The molecule has 0 heterocycles. The van der Waals surface area contributed by atoms with E-state index in [2.05, 4.69) is 4.72 Å². The number of carboxylic acid groups (broad SMARTS) is 1. The molecule has 0 saturated heterocycles. The molecule has 0 radical (unpaired) electrons. The van der Waals surface area contributed by atoms with E-state index in [4.69, 9.17) is 5.11 Å². The maximum Gasteiger partial charge on any atom is 0.419 e. The highest BCUT2D eigenvalue weighted by Crippen LogP contribution is 2.29. The van der Waals surface area contributed by atoms with Crippen LogP contribution in [0.5, 0.6) is 0 Å². The topological polar surface area (TPSA) is 95.5 Å². The fraction of sp³-hybridized carbons (Fsp3) is 0.364. The van der Waals surface area contributed by atoms with Gasteiger partial charge in [-0.2, -0.15) is 13.1 Å². The van der Waals surface area contributed by atoms with Crippen molar-refractivity contribution in [1.82, 2.24) is 9.44 Å². The summed E-state index contributed by atoms with van der Waals surface area (Å²) in [6.45, 7) is 0. The minimum atomic E-state index is -4.02. The average molecular weight is 270 g/mol. The highest BCUT2D eigenvalue weighted by Gasteiger charge is 2.25. The van der Waals surface area contributed by atoms with Gasteiger partial charge in [0, 0.05) is 6.04 Å². The van der Waals surface area contributed by atoms with Crippen LogP contribution in [0, 0.1) is 0 Å². The third kappa shape index (κ3) is 2.99. The Morgan fingerprint density at radius 2 is 2.06 bits per heavy atom. The van der Waals surface area contributed by atoms with Gasteiger partial charge in [-0.05, 0) is 30.4 Å². The molecular formula is C11H14N2O4S. The fourth-order valence-electron chi connectivity index (χ4n) is 2.21. The smallest absolute Gasteiger partial charge is 0.419 e. The second kappa shape index (κ2) is 4.95. The predicted octanol–water partition coefficient (Wildman–Crippen LogP) is 1.17. The molecule has 7 heteroatoms. The van der Waals surface area contributed by atoms with Gasteiger partial charge >= 0.3 is 16.3 Å². The van der Waals surface area contributed by atoms with E-state index in [0.29, 0.717) is 6.42 Å². The molecule has 0 aliphatic heterocycles. The van der Waals surface area contributed by atoms with E-state index in [1.807, 2.05) is 24.3 Å². The van der Waals surface area contributed by atoms with Crippen molar-refractivity contribution >= 4 is 16.3 Å². The molecule has 1 atom stereocenters. The van der Waals surface area contributed by atoms with Gasteiger partial charge in [0.15, 0.2) is 0 Å². The molecular weight excluding hydrogens is 256 g/mol. The predicted molar refractivity (Wildman–Crippen MR) is 65.3 cm³/mol. The number of nitrogens with one attached hydrogen (secondary N) is 2. The van der Waals surface area contributed by atoms with Gasteiger partial charge in [-0.1, -0.05) is 24.3 Å². The zero-order valence-corrected chi connectivity index (χ0v) is 10.4. The molecule has 2 rings (SSSR count). The molecule has 1 unspecified atom stereocenters. The molecule has 18 heavy (non-hydrogen) atoms. The Balaban J connectivity index is 2.19.